The molecule has 1 aliphatic heterocycles. The van der Waals surface area contributed by atoms with Gasteiger partial charge in [-0.3, -0.25) is 4.90 Å². The van der Waals surface area contributed by atoms with Gasteiger partial charge in [0.1, 0.15) is 0 Å². The highest BCUT2D eigenvalue weighted by Crippen LogP contribution is 2.31. The first-order valence-corrected chi connectivity index (χ1v) is 7.05. The number of hydrogen-bond acceptors (Lipinski definition) is 2. The number of halogens is 2. The Morgan fingerprint density at radius 3 is 2.89 bits per heavy atom. The van der Waals surface area contributed by atoms with Crippen LogP contribution < -0.4 is 5.73 Å². The van der Waals surface area contributed by atoms with Gasteiger partial charge in [0, 0.05) is 17.6 Å². The summed E-state index contributed by atoms with van der Waals surface area (Å²) in [7, 11) is 0. The van der Waals surface area contributed by atoms with Crippen LogP contribution in [0.3, 0.4) is 0 Å². The number of nitrogens with zero attached hydrogens (tertiary/aromatic N) is 1. The van der Waals surface area contributed by atoms with Gasteiger partial charge in [0.05, 0.1) is 0 Å². The third-order valence-electron chi connectivity index (χ3n) is 4.10. The number of nitrogens with two attached hydrogens (primary N) is 1. The number of piperidine rings is 1. The van der Waals surface area contributed by atoms with E-state index in [1.807, 2.05) is 6.92 Å². The Hall–Kier alpha value is -1.00. The maximum absolute atomic E-state index is 13.9. The highest BCUT2D eigenvalue weighted by Gasteiger charge is 2.28. The molecule has 2 unspecified atom stereocenters. The van der Waals surface area contributed by atoms with Crippen molar-refractivity contribution in [3.8, 4) is 0 Å². The zero-order valence-corrected chi connectivity index (χ0v) is 11.4. The fourth-order valence-corrected chi connectivity index (χ4v) is 3.06. The lowest BCUT2D eigenvalue weighted by atomic mass is 9.95. The van der Waals surface area contributed by atoms with Gasteiger partial charge in [0.25, 0.3) is 0 Å². The molecule has 1 saturated heterocycles. The molecule has 2 atom stereocenters. The van der Waals surface area contributed by atoms with Crippen molar-refractivity contribution in [3.63, 3.8) is 0 Å². The van der Waals surface area contributed by atoms with E-state index in [1.165, 1.54) is 12.5 Å². The molecule has 2 nitrogen and oxygen atoms in total. The average Bonchev–Trinajstić information content (AvgIpc) is 2.42. The summed E-state index contributed by atoms with van der Waals surface area (Å²) in [4.78, 5) is 2.27. The molecular formula is C15H22F2N2. The van der Waals surface area contributed by atoms with Crippen molar-refractivity contribution in [3.05, 3.63) is 35.4 Å². The third kappa shape index (κ3) is 3.12. The molecule has 4 heteroatoms. The molecule has 1 fully saturated rings. The molecule has 1 aliphatic rings. The standard InChI is InChI=1S/C15H22F2N2/c1-11(13-6-4-7-14(16)15(13)17)19-10-3-2-5-12(19)8-9-18/h4,6-7,11-12H,2-3,5,8-10,18H2,1H3. The molecular weight excluding hydrogens is 246 g/mol. The highest BCUT2D eigenvalue weighted by atomic mass is 19.2. The average molecular weight is 268 g/mol. The van der Waals surface area contributed by atoms with Crippen molar-refractivity contribution in [1.29, 1.82) is 0 Å². The summed E-state index contributed by atoms with van der Waals surface area (Å²) in [6.45, 7) is 3.52. The van der Waals surface area contributed by atoms with Gasteiger partial charge in [0.2, 0.25) is 0 Å². The van der Waals surface area contributed by atoms with Crippen molar-refractivity contribution in [2.24, 2.45) is 5.73 Å². The normalized spacial score (nSPS) is 22.4. The second-order valence-corrected chi connectivity index (χ2v) is 5.28. The van der Waals surface area contributed by atoms with E-state index in [2.05, 4.69) is 4.90 Å². The van der Waals surface area contributed by atoms with Gasteiger partial charge in [-0.15, -0.1) is 0 Å². The van der Waals surface area contributed by atoms with Crippen LogP contribution in [0.1, 0.15) is 44.2 Å². The third-order valence-corrected chi connectivity index (χ3v) is 4.10. The monoisotopic (exact) mass is 268 g/mol. The molecule has 2 rings (SSSR count). The minimum Gasteiger partial charge on any atom is -0.330 e. The summed E-state index contributed by atoms with van der Waals surface area (Å²) >= 11 is 0. The lowest BCUT2D eigenvalue weighted by Crippen LogP contribution is -2.42. The largest absolute Gasteiger partial charge is 0.330 e. The van der Waals surface area contributed by atoms with Gasteiger partial charge >= 0.3 is 0 Å². The molecule has 0 amide bonds. The smallest absolute Gasteiger partial charge is 0.163 e. The molecule has 0 saturated carbocycles. The first kappa shape index (κ1) is 14.4. The van der Waals surface area contributed by atoms with Crippen LogP contribution in [-0.2, 0) is 0 Å². The summed E-state index contributed by atoms with van der Waals surface area (Å²) in [5.74, 6) is -1.48. The van der Waals surface area contributed by atoms with Gasteiger partial charge in [0.15, 0.2) is 11.6 Å². The van der Waals surface area contributed by atoms with E-state index in [-0.39, 0.29) is 6.04 Å². The van der Waals surface area contributed by atoms with Crippen LogP contribution in [0.5, 0.6) is 0 Å². The second-order valence-electron chi connectivity index (χ2n) is 5.28. The lowest BCUT2D eigenvalue weighted by molar-refractivity contribution is 0.0962. The van der Waals surface area contributed by atoms with Crippen LogP contribution in [-0.4, -0.2) is 24.0 Å². The first-order valence-electron chi connectivity index (χ1n) is 7.05. The maximum Gasteiger partial charge on any atom is 0.163 e. The molecule has 0 spiro atoms. The number of hydrogen-bond donors (Lipinski definition) is 1. The molecule has 1 heterocycles. The predicted octanol–water partition coefficient (Wildman–Crippen LogP) is 3.23. The fraction of sp³-hybridized carbons (Fsp3) is 0.600. The minimum atomic E-state index is -0.767. The maximum atomic E-state index is 13.9. The SMILES string of the molecule is CC(c1cccc(F)c1F)N1CCCCC1CCN. The molecule has 0 aliphatic carbocycles. The van der Waals surface area contributed by atoms with Gasteiger partial charge in [-0.1, -0.05) is 18.6 Å². The van der Waals surface area contributed by atoms with Crippen molar-refractivity contribution in [2.75, 3.05) is 13.1 Å². The topological polar surface area (TPSA) is 29.3 Å². The van der Waals surface area contributed by atoms with Crippen LogP contribution >= 0.6 is 0 Å². The van der Waals surface area contributed by atoms with E-state index >= 15 is 0 Å². The van der Waals surface area contributed by atoms with Crippen molar-refractivity contribution in [2.45, 2.75) is 44.7 Å². The molecule has 0 bridgehead atoms. The molecule has 0 radical (unpaired) electrons. The van der Waals surface area contributed by atoms with Gasteiger partial charge in [-0.2, -0.15) is 0 Å². The Kier molecular flexibility index (Phi) is 4.88. The lowest BCUT2D eigenvalue weighted by Gasteiger charge is -2.40. The van der Waals surface area contributed by atoms with Gasteiger partial charge in [-0.05, 0) is 45.3 Å². The van der Waals surface area contributed by atoms with E-state index in [4.69, 9.17) is 5.73 Å². The Morgan fingerprint density at radius 2 is 2.16 bits per heavy atom. The molecule has 1 aromatic carbocycles. The summed E-state index contributed by atoms with van der Waals surface area (Å²) in [6.07, 6.45) is 4.32. The molecule has 106 valence electrons. The van der Waals surface area contributed by atoms with E-state index in [9.17, 15) is 8.78 Å². The predicted molar refractivity (Wildman–Crippen MR) is 72.8 cm³/mol. The van der Waals surface area contributed by atoms with Crippen LogP contribution in [0.4, 0.5) is 8.78 Å². The van der Waals surface area contributed by atoms with E-state index in [0.717, 1.165) is 25.8 Å². The quantitative estimate of drug-likeness (QED) is 0.908. The summed E-state index contributed by atoms with van der Waals surface area (Å²) in [6, 6.07) is 4.70. The number of rotatable bonds is 4. The molecule has 1 aromatic rings. The van der Waals surface area contributed by atoms with Crippen LogP contribution in [0, 0.1) is 11.6 Å². The number of likely N-dealkylation sites (tertiary alicyclic amines) is 1. The molecule has 19 heavy (non-hydrogen) atoms. The Morgan fingerprint density at radius 1 is 1.37 bits per heavy atom. The first-order chi connectivity index (χ1) is 9.15. The Bertz CT molecular complexity index is 421. The zero-order valence-electron chi connectivity index (χ0n) is 11.4. The van der Waals surface area contributed by atoms with Gasteiger partial charge < -0.3 is 5.73 Å². The van der Waals surface area contributed by atoms with E-state index in [0.29, 0.717) is 18.2 Å². The second kappa shape index (κ2) is 6.44. The highest BCUT2D eigenvalue weighted by molar-refractivity contribution is 5.22. The van der Waals surface area contributed by atoms with Crippen LogP contribution in [0.2, 0.25) is 0 Å². The van der Waals surface area contributed by atoms with E-state index < -0.39 is 11.6 Å². The summed E-state index contributed by atoms with van der Waals surface area (Å²) in [5, 5.41) is 0. The Labute approximate surface area is 113 Å². The zero-order chi connectivity index (χ0) is 13.8. The number of benzene rings is 1. The Balaban J connectivity index is 2.21. The summed E-state index contributed by atoms with van der Waals surface area (Å²) < 4.78 is 27.2. The molecule has 0 aromatic heterocycles. The van der Waals surface area contributed by atoms with Crippen molar-refractivity contribution >= 4 is 0 Å². The van der Waals surface area contributed by atoms with Gasteiger partial charge in [-0.25, -0.2) is 8.78 Å². The molecule has 2 N–H and O–H groups in total. The van der Waals surface area contributed by atoms with Crippen molar-refractivity contribution < 1.29 is 8.78 Å². The minimum absolute atomic E-state index is 0.104. The van der Waals surface area contributed by atoms with E-state index in [1.54, 1.807) is 12.1 Å². The van der Waals surface area contributed by atoms with Crippen molar-refractivity contribution in [1.82, 2.24) is 4.90 Å². The van der Waals surface area contributed by atoms with Crippen LogP contribution in [0.25, 0.3) is 0 Å². The fourth-order valence-electron chi connectivity index (χ4n) is 3.06. The summed E-state index contributed by atoms with van der Waals surface area (Å²) in [5.41, 5.74) is 6.10. The van der Waals surface area contributed by atoms with Crippen LogP contribution in [0.15, 0.2) is 18.2 Å².